The number of hydrogen-bond donors (Lipinski definition) is 1. The fourth-order valence-corrected chi connectivity index (χ4v) is 3.96. The van der Waals surface area contributed by atoms with Gasteiger partial charge in [0.2, 0.25) is 0 Å². The van der Waals surface area contributed by atoms with E-state index in [-0.39, 0.29) is 5.91 Å². The number of pyridine rings is 1. The van der Waals surface area contributed by atoms with E-state index >= 15 is 0 Å². The van der Waals surface area contributed by atoms with Crippen molar-refractivity contribution in [1.29, 1.82) is 0 Å². The summed E-state index contributed by atoms with van der Waals surface area (Å²) < 4.78 is 0. The maximum Gasteiger partial charge on any atom is 0.255 e. The van der Waals surface area contributed by atoms with Crippen molar-refractivity contribution in [3.63, 3.8) is 0 Å². The maximum atomic E-state index is 13.1. The van der Waals surface area contributed by atoms with E-state index in [0.29, 0.717) is 18.0 Å². The molecular formula is C25H27N3O. The van der Waals surface area contributed by atoms with Gasteiger partial charge in [-0.1, -0.05) is 56.3 Å². The fourth-order valence-electron chi connectivity index (χ4n) is 3.96. The number of benzene rings is 2. The molecule has 4 heteroatoms. The third-order valence-electron chi connectivity index (χ3n) is 5.60. The van der Waals surface area contributed by atoms with Gasteiger partial charge >= 0.3 is 0 Å². The average Bonchev–Trinajstić information content (AvgIpc) is 2.74. The van der Waals surface area contributed by atoms with E-state index in [1.54, 1.807) is 12.4 Å². The second kappa shape index (κ2) is 8.08. The summed E-state index contributed by atoms with van der Waals surface area (Å²) in [7, 11) is 0. The summed E-state index contributed by atoms with van der Waals surface area (Å²) in [6.45, 7) is 7.87. The van der Waals surface area contributed by atoms with Crippen LogP contribution in [0.25, 0.3) is 0 Å². The molecule has 4 nitrogen and oxygen atoms in total. The van der Waals surface area contributed by atoms with Crippen LogP contribution >= 0.6 is 0 Å². The van der Waals surface area contributed by atoms with Crippen molar-refractivity contribution in [1.82, 2.24) is 9.88 Å². The van der Waals surface area contributed by atoms with Crippen molar-refractivity contribution in [2.45, 2.75) is 39.7 Å². The van der Waals surface area contributed by atoms with Gasteiger partial charge in [0.15, 0.2) is 0 Å². The Balaban J connectivity index is 1.56. The monoisotopic (exact) mass is 385 g/mol. The highest BCUT2D eigenvalue weighted by molar-refractivity contribution is 5.95. The highest BCUT2D eigenvalue weighted by atomic mass is 16.2. The molecule has 2 heterocycles. The Labute approximate surface area is 172 Å². The van der Waals surface area contributed by atoms with Crippen molar-refractivity contribution in [3.05, 3.63) is 88.7 Å². The minimum absolute atomic E-state index is 0.0320. The lowest BCUT2D eigenvalue weighted by Gasteiger charge is -2.29. The number of carbonyl (C=O) groups excluding carboxylic acids is 1. The van der Waals surface area contributed by atoms with E-state index in [9.17, 15) is 4.79 Å². The third-order valence-corrected chi connectivity index (χ3v) is 5.60. The van der Waals surface area contributed by atoms with Crippen molar-refractivity contribution >= 4 is 17.3 Å². The summed E-state index contributed by atoms with van der Waals surface area (Å²) in [4.78, 5) is 19.4. The summed E-state index contributed by atoms with van der Waals surface area (Å²) >= 11 is 0. The van der Waals surface area contributed by atoms with Crippen LogP contribution in [-0.4, -0.2) is 22.3 Å². The Morgan fingerprint density at radius 2 is 1.86 bits per heavy atom. The lowest BCUT2D eigenvalue weighted by Crippen LogP contribution is -2.36. The van der Waals surface area contributed by atoms with Crippen LogP contribution in [0.3, 0.4) is 0 Å². The van der Waals surface area contributed by atoms with Crippen LogP contribution in [0, 0.1) is 6.92 Å². The highest BCUT2D eigenvalue weighted by Crippen LogP contribution is 2.30. The predicted octanol–water partition coefficient (Wildman–Crippen LogP) is 5.46. The van der Waals surface area contributed by atoms with Crippen LogP contribution in [0.15, 0.2) is 60.9 Å². The molecule has 1 aliphatic rings. The lowest BCUT2D eigenvalue weighted by molar-refractivity contribution is 0.0734. The van der Waals surface area contributed by atoms with Crippen LogP contribution in [-0.2, 0) is 13.0 Å². The van der Waals surface area contributed by atoms with Gasteiger partial charge in [0.05, 0.1) is 17.4 Å². The first-order valence-electron chi connectivity index (χ1n) is 10.2. The van der Waals surface area contributed by atoms with E-state index in [1.807, 2.05) is 17.0 Å². The Bertz CT molecular complexity index is 1040. The van der Waals surface area contributed by atoms with Crippen molar-refractivity contribution in [2.75, 3.05) is 11.9 Å². The van der Waals surface area contributed by atoms with Gasteiger partial charge in [-0.05, 0) is 47.6 Å². The van der Waals surface area contributed by atoms with Crippen molar-refractivity contribution < 1.29 is 4.79 Å². The number of amides is 1. The molecule has 148 valence electrons. The molecule has 3 aromatic rings. The standard InChI is InChI=1S/C25H27N3O/c1-17(2)23-10-6-7-18(3)24(23)27-22-13-21(14-26-15-22)25(29)28-12-11-19-8-4-5-9-20(19)16-28/h4-10,13-15,17,27H,11-12,16H2,1-3H3. The summed E-state index contributed by atoms with van der Waals surface area (Å²) in [6, 6.07) is 16.6. The Morgan fingerprint density at radius 3 is 2.66 bits per heavy atom. The van der Waals surface area contributed by atoms with Gasteiger partial charge < -0.3 is 10.2 Å². The van der Waals surface area contributed by atoms with E-state index < -0.39 is 0 Å². The summed E-state index contributed by atoms with van der Waals surface area (Å²) in [5, 5.41) is 3.50. The number of nitrogens with one attached hydrogen (secondary N) is 1. The first kappa shape index (κ1) is 19.2. The van der Waals surface area contributed by atoms with Crippen LogP contribution in [0.5, 0.6) is 0 Å². The summed E-state index contributed by atoms with van der Waals surface area (Å²) in [6.07, 6.45) is 4.34. The molecule has 0 spiro atoms. The quantitative estimate of drug-likeness (QED) is 0.649. The van der Waals surface area contributed by atoms with Gasteiger partial charge in [0.25, 0.3) is 5.91 Å². The summed E-state index contributed by atoms with van der Waals surface area (Å²) in [5.74, 6) is 0.438. The van der Waals surface area contributed by atoms with Crippen LogP contribution in [0.2, 0.25) is 0 Å². The van der Waals surface area contributed by atoms with Crippen LogP contribution in [0.1, 0.15) is 52.4 Å². The van der Waals surface area contributed by atoms with Crippen LogP contribution < -0.4 is 5.32 Å². The molecule has 0 unspecified atom stereocenters. The van der Waals surface area contributed by atoms with E-state index in [1.165, 1.54) is 22.3 Å². The zero-order valence-electron chi connectivity index (χ0n) is 17.3. The number of hydrogen-bond acceptors (Lipinski definition) is 3. The van der Waals surface area contributed by atoms with Gasteiger partial charge in [-0.3, -0.25) is 9.78 Å². The molecule has 0 saturated heterocycles. The number of fused-ring (bicyclic) bond motifs is 1. The molecule has 2 aromatic carbocycles. The molecule has 29 heavy (non-hydrogen) atoms. The van der Waals surface area contributed by atoms with Gasteiger partial charge in [0, 0.05) is 25.0 Å². The van der Waals surface area contributed by atoms with Gasteiger partial charge in [-0.25, -0.2) is 0 Å². The van der Waals surface area contributed by atoms with E-state index in [4.69, 9.17) is 0 Å². The van der Waals surface area contributed by atoms with E-state index in [2.05, 4.69) is 67.5 Å². The molecular weight excluding hydrogens is 358 g/mol. The first-order chi connectivity index (χ1) is 14.0. The maximum absolute atomic E-state index is 13.1. The number of para-hydroxylation sites is 1. The highest BCUT2D eigenvalue weighted by Gasteiger charge is 2.22. The van der Waals surface area contributed by atoms with Gasteiger partial charge in [-0.2, -0.15) is 0 Å². The fraction of sp³-hybridized carbons (Fsp3) is 0.280. The van der Waals surface area contributed by atoms with Gasteiger partial charge in [0.1, 0.15) is 0 Å². The SMILES string of the molecule is Cc1cccc(C(C)C)c1Nc1cncc(C(=O)N2CCc3ccccc3C2)c1. The smallest absolute Gasteiger partial charge is 0.255 e. The molecule has 0 radical (unpaired) electrons. The Morgan fingerprint density at radius 1 is 1.07 bits per heavy atom. The normalized spacial score (nSPS) is 13.3. The number of rotatable bonds is 4. The second-order valence-electron chi connectivity index (χ2n) is 8.03. The molecule has 1 aromatic heterocycles. The number of nitrogens with zero attached hydrogens (tertiary/aromatic N) is 2. The van der Waals surface area contributed by atoms with Crippen LogP contribution in [0.4, 0.5) is 11.4 Å². The minimum Gasteiger partial charge on any atom is -0.354 e. The Kier molecular flexibility index (Phi) is 5.34. The molecule has 1 amide bonds. The Hall–Kier alpha value is -3.14. The number of carbonyl (C=O) groups is 1. The largest absolute Gasteiger partial charge is 0.354 e. The number of anilines is 2. The molecule has 1 N–H and O–H groups in total. The molecule has 1 aliphatic heterocycles. The van der Waals surface area contributed by atoms with E-state index in [0.717, 1.165) is 24.3 Å². The van der Waals surface area contributed by atoms with Crippen molar-refractivity contribution in [2.24, 2.45) is 0 Å². The molecule has 0 fully saturated rings. The number of aromatic nitrogens is 1. The minimum atomic E-state index is 0.0320. The first-order valence-corrected chi connectivity index (χ1v) is 10.2. The molecule has 4 rings (SSSR count). The van der Waals surface area contributed by atoms with Gasteiger partial charge in [-0.15, -0.1) is 0 Å². The predicted molar refractivity (Wildman–Crippen MR) is 118 cm³/mol. The second-order valence-corrected chi connectivity index (χ2v) is 8.03. The molecule has 0 atom stereocenters. The zero-order valence-corrected chi connectivity index (χ0v) is 17.3. The molecule has 0 saturated carbocycles. The average molecular weight is 386 g/mol. The summed E-state index contributed by atoms with van der Waals surface area (Å²) in [5.41, 5.74) is 7.57. The third kappa shape index (κ3) is 4.02. The molecule has 0 aliphatic carbocycles. The lowest BCUT2D eigenvalue weighted by atomic mass is 9.98. The molecule has 0 bridgehead atoms. The number of aryl methyl sites for hydroxylation is 1. The topological polar surface area (TPSA) is 45.2 Å². The zero-order chi connectivity index (χ0) is 20.4. The van der Waals surface area contributed by atoms with Crippen molar-refractivity contribution in [3.8, 4) is 0 Å².